The van der Waals surface area contributed by atoms with Gasteiger partial charge in [-0.25, -0.2) is 4.99 Å². The zero-order chi connectivity index (χ0) is 9.47. The number of para-hydroxylation sites is 1. The number of hydrogen-bond donors (Lipinski definition) is 2. The quantitative estimate of drug-likeness (QED) is 0.585. The molecule has 0 fully saturated rings. The lowest BCUT2D eigenvalue weighted by Gasteiger charge is -1.97. The van der Waals surface area contributed by atoms with E-state index in [1.165, 1.54) is 6.07 Å². The number of fused-ring (bicyclic) bond motifs is 1. The van der Waals surface area contributed by atoms with Crippen molar-refractivity contribution >= 4 is 22.0 Å². The Morgan fingerprint density at radius 3 is 2.85 bits per heavy atom. The molecule has 0 spiro atoms. The highest BCUT2D eigenvalue weighted by Crippen LogP contribution is 2.22. The van der Waals surface area contributed by atoms with E-state index in [0.717, 1.165) is 5.56 Å². The highest BCUT2D eigenvalue weighted by atomic mass is 32.2. The molecule has 4 nitrogen and oxygen atoms in total. The highest BCUT2D eigenvalue weighted by molar-refractivity contribution is 7.86. The molecule has 2 N–H and O–H groups in total. The van der Waals surface area contributed by atoms with Crippen molar-refractivity contribution in [2.75, 3.05) is 0 Å². The van der Waals surface area contributed by atoms with Crippen molar-refractivity contribution in [1.29, 1.82) is 0 Å². The molecule has 1 aromatic rings. The monoisotopic (exact) mass is 198 g/mol. The molecule has 1 aliphatic heterocycles. The Labute approximate surface area is 75.7 Å². The maximum absolute atomic E-state index is 10.9. The zero-order valence-corrected chi connectivity index (χ0v) is 7.50. The van der Waals surface area contributed by atoms with Gasteiger partial charge in [0.05, 0.1) is 6.42 Å². The molecule has 1 aliphatic rings. The van der Waals surface area contributed by atoms with Gasteiger partial charge in [0, 0.05) is 5.56 Å². The molecule has 13 heavy (non-hydrogen) atoms. The van der Waals surface area contributed by atoms with Crippen LogP contribution in [0, 0.1) is 0 Å². The van der Waals surface area contributed by atoms with Crippen molar-refractivity contribution in [2.45, 2.75) is 11.3 Å². The first-order chi connectivity index (χ1) is 6.09. The van der Waals surface area contributed by atoms with E-state index in [-0.39, 0.29) is 4.90 Å². The number of rotatable bonds is 1. The molecule has 1 heterocycles. The molecule has 0 saturated carbocycles. The Bertz CT molecular complexity index is 476. The summed E-state index contributed by atoms with van der Waals surface area (Å²) in [5, 5.41) is 0. The van der Waals surface area contributed by atoms with Crippen LogP contribution in [0.5, 0.6) is 0 Å². The molecule has 0 radical (unpaired) electrons. The van der Waals surface area contributed by atoms with Crippen LogP contribution in [-0.4, -0.2) is 19.2 Å². The summed E-state index contributed by atoms with van der Waals surface area (Å²) in [7, 11) is -4.11. The Kier molecular flexibility index (Phi) is 1.71. The average Bonchev–Trinajstić information content (AvgIpc) is 2.48. The maximum Gasteiger partial charge on any atom is 0.301 e. The van der Waals surface area contributed by atoms with Crippen molar-refractivity contribution in [2.24, 2.45) is 0 Å². The van der Waals surface area contributed by atoms with Crippen molar-refractivity contribution in [3.8, 4) is 0 Å². The van der Waals surface area contributed by atoms with Crippen LogP contribution in [0.15, 0.2) is 23.1 Å². The van der Waals surface area contributed by atoms with E-state index in [0.29, 0.717) is 12.1 Å². The van der Waals surface area contributed by atoms with Crippen molar-refractivity contribution in [1.82, 2.24) is 0 Å². The van der Waals surface area contributed by atoms with Gasteiger partial charge >= 0.3 is 10.1 Å². The molecule has 5 heteroatoms. The van der Waals surface area contributed by atoms with Gasteiger partial charge in [0.25, 0.3) is 0 Å². The van der Waals surface area contributed by atoms with Crippen molar-refractivity contribution in [3.63, 3.8) is 0 Å². The van der Waals surface area contributed by atoms with E-state index >= 15 is 0 Å². The van der Waals surface area contributed by atoms with Gasteiger partial charge in [-0.05, 0) is 6.07 Å². The molecule has 0 unspecified atom stereocenters. The van der Waals surface area contributed by atoms with Crippen LogP contribution < -0.4 is 4.99 Å². The second-order valence-electron chi connectivity index (χ2n) is 2.82. The summed E-state index contributed by atoms with van der Waals surface area (Å²) in [6.45, 7) is 0. The van der Waals surface area contributed by atoms with Crippen LogP contribution >= 0.6 is 0 Å². The summed E-state index contributed by atoms with van der Waals surface area (Å²) in [5.74, 6) is 0. The second kappa shape index (κ2) is 2.65. The summed E-state index contributed by atoms with van der Waals surface area (Å²) in [6, 6.07) is 4.81. The van der Waals surface area contributed by atoms with E-state index in [1.54, 1.807) is 12.3 Å². The van der Waals surface area contributed by atoms with Crippen LogP contribution in [-0.2, 0) is 16.5 Å². The molecule has 0 saturated heterocycles. The number of benzene rings is 1. The predicted octanol–water partition coefficient (Wildman–Crippen LogP) is -0.728. The van der Waals surface area contributed by atoms with Crippen LogP contribution in [0.4, 0.5) is 5.69 Å². The third-order valence-corrected chi connectivity index (χ3v) is 2.85. The van der Waals surface area contributed by atoms with E-state index in [9.17, 15) is 8.42 Å². The van der Waals surface area contributed by atoms with E-state index < -0.39 is 10.1 Å². The fourth-order valence-electron chi connectivity index (χ4n) is 1.39. The topological polar surface area (TPSA) is 68.3 Å². The number of nitrogens with one attached hydrogen (secondary N) is 1. The predicted molar refractivity (Wildman–Crippen MR) is 46.6 cm³/mol. The Morgan fingerprint density at radius 1 is 1.38 bits per heavy atom. The fourth-order valence-corrected chi connectivity index (χ4v) is 2.09. The van der Waals surface area contributed by atoms with Crippen LogP contribution in [0.2, 0.25) is 0 Å². The van der Waals surface area contributed by atoms with Gasteiger partial charge in [-0.2, -0.15) is 8.42 Å². The SMILES string of the molecule is O=S(=O)(O)c1cccc2c1[NH+]=CC2. The molecule has 68 valence electrons. The first-order valence-corrected chi connectivity index (χ1v) is 5.20. The molecular weight excluding hydrogens is 190 g/mol. The zero-order valence-electron chi connectivity index (χ0n) is 6.69. The molecule has 0 amide bonds. The summed E-state index contributed by atoms with van der Waals surface area (Å²) in [6.07, 6.45) is 2.43. The minimum absolute atomic E-state index is 0.0567. The molecule has 0 atom stereocenters. The summed E-state index contributed by atoms with van der Waals surface area (Å²) in [4.78, 5) is 2.75. The van der Waals surface area contributed by atoms with E-state index in [1.807, 2.05) is 6.07 Å². The van der Waals surface area contributed by atoms with Gasteiger partial charge in [-0.15, -0.1) is 0 Å². The van der Waals surface area contributed by atoms with Crippen LogP contribution in [0.1, 0.15) is 5.56 Å². The molecule has 0 bridgehead atoms. The molecular formula is C8H8NO3S+. The average molecular weight is 198 g/mol. The lowest BCUT2D eigenvalue weighted by molar-refractivity contribution is -0.347. The summed E-state index contributed by atoms with van der Waals surface area (Å²) >= 11 is 0. The molecule has 0 aromatic heterocycles. The van der Waals surface area contributed by atoms with Gasteiger partial charge in [0.2, 0.25) is 5.69 Å². The first-order valence-electron chi connectivity index (χ1n) is 3.76. The van der Waals surface area contributed by atoms with E-state index in [2.05, 4.69) is 4.99 Å². The van der Waals surface area contributed by atoms with Gasteiger partial charge < -0.3 is 0 Å². The third-order valence-electron chi connectivity index (χ3n) is 1.96. The summed E-state index contributed by atoms with van der Waals surface area (Å²) in [5.41, 5.74) is 1.38. The normalized spacial score (nSPS) is 14.5. The standard InChI is InChI=1S/C8H7NO3S/c10-13(11,12)7-3-1-2-6-4-5-9-8(6)7/h1-3,5H,4H2,(H,10,11,12)/p+1. The largest absolute Gasteiger partial charge is 0.301 e. The Morgan fingerprint density at radius 2 is 2.15 bits per heavy atom. The Hall–Kier alpha value is -1.20. The fraction of sp³-hybridized carbons (Fsp3) is 0.125. The van der Waals surface area contributed by atoms with Gasteiger partial charge in [-0.3, -0.25) is 4.55 Å². The van der Waals surface area contributed by atoms with Crippen LogP contribution in [0.3, 0.4) is 0 Å². The smallest absolute Gasteiger partial charge is 0.282 e. The van der Waals surface area contributed by atoms with E-state index in [4.69, 9.17) is 4.55 Å². The third kappa shape index (κ3) is 1.36. The Balaban J connectivity index is 2.74. The molecule has 1 aromatic carbocycles. The van der Waals surface area contributed by atoms with Gasteiger partial charge in [0.1, 0.15) is 6.21 Å². The van der Waals surface area contributed by atoms with Gasteiger partial charge in [-0.1, -0.05) is 12.1 Å². The molecule has 2 rings (SSSR count). The molecule has 0 aliphatic carbocycles. The number of hydrogen-bond acceptors (Lipinski definition) is 2. The summed E-state index contributed by atoms with van der Waals surface area (Å²) < 4.78 is 30.7. The highest BCUT2D eigenvalue weighted by Gasteiger charge is 2.24. The second-order valence-corrected chi connectivity index (χ2v) is 4.21. The minimum Gasteiger partial charge on any atom is -0.282 e. The lowest BCUT2D eigenvalue weighted by Crippen LogP contribution is -2.59. The van der Waals surface area contributed by atoms with Crippen molar-refractivity contribution < 1.29 is 18.0 Å². The minimum atomic E-state index is -4.11. The lowest BCUT2D eigenvalue weighted by atomic mass is 10.2. The van der Waals surface area contributed by atoms with Crippen molar-refractivity contribution in [3.05, 3.63) is 23.8 Å². The van der Waals surface area contributed by atoms with Gasteiger partial charge in [0.15, 0.2) is 4.90 Å². The first kappa shape index (κ1) is 8.40. The maximum atomic E-state index is 10.9. The van der Waals surface area contributed by atoms with Crippen LogP contribution in [0.25, 0.3) is 0 Å².